The second kappa shape index (κ2) is 7.81. The molecule has 0 spiro atoms. The maximum Gasteiger partial charge on any atom is 0.214 e. The van der Waals surface area contributed by atoms with Gasteiger partial charge >= 0.3 is 0 Å². The van der Waals surface area contributed by atoms with Gasteiger partial charge in [0.05, 0.1) is 5.75 Å². The second-order valence-corrected chi connectivity index (χ2v) is 7.84. The van der Waals surface area contributed by atoms with E-state index < -0.39 is 10.0 Å². The number of piperidine rings is 1. The molecule has 19 heavy (non-hydrogen) atoms. The average molecular weight is 311 g/mol. The van der Waals surface area contributed by atoms with Gasteiger partial charge < -0.3 is 5.32 Å². The monoisotopic (exact) mass is 310 g/mol. The van der Waals surface area contributed by atoms with Crippen LogP contribution in [0, 0.1) is 11.8 Å². The molecule has 0 unspecified atom stereocenters. The first kappa shape index (κ1) is 17.2. The van der Waals surface area contributed by atoms with Crippen molar-refractivity contribution in [2.45, 2.75) is 38.5 Å². The van der Waals surface area contributed by atoms with Crippen LogP contribution in [0.3, 0.4) is 0 Å². The third kappa shape index (κ3) is 4.88. The van der Waals surface area contributed by atoms with Gasteiger partial charge in [0.25, 0.3) is 0 Å². The van der Waals surface area contributed by atoms with E-state index in [0.29, 0.717) is 17.6 Å². The minimum absolute atomic E-state index is 0. The molecule has 2 aliphatic rings. The molecular weight excluding hydrogens is 284 g/mol. The third-order valence-corrected chi connectivity index (χ3v) is 6.43. The van der Waals surface area contributed by atoms with Crippen LogP contribution in [-0.2, 0) is 10.0 Å². The predicted octanol–water partition coefficient (Wildman–Crippen LogP) is 1.86. The minimum Gasteiger partial charge on any atom is -0.319 e. The maximum atomic E-state index is 12.3. The normalized spacial score (nSPS) is 23.4. The molecule has 2 fully saturated rings. The summed E-state index contributed by atoms with van der Waals surface area (Å²) in [6, 6.07) is 0. The van der Waals surface area contributed by atoms with Gasteiger partial charge in [0.2, 0.25) is 10.0 Å². The zero-order valence-corrected chi connectivity index (χ0v) is 13.4. The van der Waals surface area contributed by atoms with Gasteiger partial charge in [-0.1, -0.05) is 12.8 Å². The quantitative estimate of drug-likeness (QED) is 0.843. The van der Waals surface area contributed by atoms with Gasteiger partial charge in [-0.3, -0.25) is 0 Å². The van der Waals surface area contributed by atoms with Crippen molar-refractivity contribution in [3.63, 3.8) is 0 Å². The molecule has 0 bridgehead atoms. The van der Waals surface area contributed by atoms with Crippen LogP contribution in [0.4, 0.5) is 0 Å². The molecular formula is C13H27ClN2O2S. The van der Waals surface area contributed by atoms with E-state index in [4.69, 9.17) is 0 Å². The second-order valence-electron chi connectivity index (χ2n) is 5.83. The highest BCUT2D eigenvalue weighted by Crippen LogP contribution is 2.28. The number of hydrogen-bond donors (Lipinski definition) is 1. The standard InChI is InChI=1S/C13H26N2O2S.ClH/c1-14-10-12-6-8-15(9-7-12)18(16,17)11-13-4-2-3-5-13;/h12-14H,2-11H2,1H3;1H. The first-order valence-corrected chi connectivity index (χ1v) is 8.85. The van der Waals surface area contributed by atoms with Gasteiger partial charge in [0, 0.05) is 13.1 Å². The molecule has 2 rings (SSSR count). The summed E-state index contributed by atoms with van der Waals surface area (Å²) in [5.41, 5.74) is 0. The first-order valence-electron chi connectivity index (χ1n) is 7.24. The molecule has 0 aromatic rings. The molecule has 1 aliphatic carbocycles. The van der Waals surface area contributed by atoms with Crippen LogP contribution in [0.1, 0.15) is 38.5 Å². The van der Waals surface area contributed by atoms with Crippen molar-refractivity contribution in [2.24, 2.45) is 11.8 Å². The Hall–Kier alpha value is 0.160. The molecule has 0 aromatic carbocycles. The molecule has 0 amide bonds. The topological polar surface area (TPSA) is 49.4 Å². The number of nitrogens with zero attached hydrogens (tertiary/aromatic N) is 1. The summed E-state index contributed by atoms with van der Waals surface area (Å²) < 4.78 is 26.4. The fourth-order valence-electron chi connectivity index (χ4n) is 3.26. The van der Waals surface area contributed by atoms with Crippen LogP contribution in [-0.4, -0.2) is 45.2 Å². The van der Waals surface area contributed by atoms with Gasteiger partial charge in [-0.05, 0) is 51.1 Å². The molecule has 1 saturated carbocycles. The Morgan fingerprint density at radius 3 is 2.16 bits per heavy atom. The van der Waals surface area contributed by atoms with Crippen LogP contribution in [0.15, 0.2) is 0 Å². The van der Waals surface area contributed by atoms with E-state index in [1.165, 1.54) is 12.8 Å². The van der Waals surface area contributed by atoms with Crippen molar-refractivity contribution in [1.82, 2.24) is 9.62 Å². The molecule has 114 valence electrons. The van der Waals surface area contributed by atoms with Gasteiger partial charge in [-0.2, -0.15) is 0 Å². The minimum atomic E-state index is -2.99. The first-order chi connectivity index (χ1) is 8.62. The van der Waals surface area contributed by atoms with Crippen LogP contribution < -0.4 is 5.32 Å². The predicted molar refractivity (Wildman–Crippen MR) is 81.2 cm³/mol. The zero-order valence-electron chi connectivity index (χ0n) is 11.8. The fourth-order valence-corrected chi connectivity index (χ4v) is 5.17. The number of sulfonamides is 1. The number of nitrogens with one attached hydrogen (secondary N) is 1. The van der Waals surface area contributed by atoms with Crippen LogP contribution >= 0.6 is 12.4 Å². The van der Waals surface area contributed by atoms with Gasteiger partial charge in [0.15, 0.2) is 0 Å². The van der Waals surface area contributed by atoms with Gasteiger partial charge in [-0.15, -0.1) is 12.4 Å². The van der Waals surface area contributed by atoms with Crippen LogP contribution in [0.5, 0.6) is 0 Å². The lowest BCUT2D eigenvalue weighted by atomic mass is 9.98. The molecule has 6 heteroatoms. The highest BCUT2D eigenvalue weighted by atomic mass is 35.5. The summed E-state index contributed by atoms with van der Waals surface area (Å²) in [5.74, 6) is 1.46. The Kier molecular flexibility index (Phi) is 7.08. The zero-order chi connectivity index (χ0) is 13.0. The van der Waals surface area contributed by atoms with Crippen molar-refractivity contribution in [3.8, 4) is 0 Å². The van der Waals surface area contributed by atoms with Crippen LogP contribution in [0.25, 0.3) is 0 Å². The summed E-state index contributed by atoms with van der Waals surface area (Å²) in [7, 11) is -1.03. The molecule has 1 saturated heterocycles. The average Bonchev–Trinajstić information content (AvgIpc) is 2.82. The number of rotatable bonds is 5. The summed E-state index contributed by atoms with van der Waals surface area (Å²) >= 11 is 0. The Morgan fingerprint density at radius 1 is 1.05 bits per heavy atom. The largest absolute Gasteiger partial charge is 0.319 e. The lowest BCUT2D eigenvalue weighted by Crippen LogP contribution is -2.42. The molecule has 0 radical (unpaired) electrons. The molecule has 1 heterocycles. The van der Waals surface area contributed by atoms with E-state index in [1.807, 2.05) is 7.05 Å². The van der Waals surface area contributed by atoms with Crippen molar-refractivity contribution >= 4 is 22.4 Å². The van der Waals surface area contributed by atoms with Crippen molar-refractivity contribution in [1.29, 1.82) is 0 Å². The summed E-state index contributed by atoms with van der Waals surface area (Å²) in [4.78, 5) is 0. The summed E-state index contributed by atoms with van der Waals surface area (Å²) in [5, 5.41) is 3.18. The molecule has 4 nitrogen and oxygen atoms in total. The van der Waals surface area contributed by atoms with E-state index in [1.54, 1.807) is 4.31 Å². The van der Waals surface area contributed by atoms with E-state index in [9.17, 15) is 8.42 Å². The Morgan fingerprint density at radius 2 is 1.63 bits per heavy atom. The van der Waals surface area contributed by atoms with Crippen LogP contribution in [0.2, 0.25) is 0 Å². The Labute approximate surface area is 123 Å². The van der Waals surface area contributed by atoms with Crippen molar-refractivity contribution in [2.75, 3.05) is 32.4 Å². The highest BCUT2D eigenvalue weighted by molar-refractivity contribution is 7.89. The summed E-state index contributed by atoms with van der Waals surface area (Å²) in [6.45, 7) is 2.46. The van der Waals surface area contributed by atoms with Crippen molar-refractivity contribution in [3.05, 3.63) is 0 Å². The lowest BCUT2D eigenvalue weighted by molar-refractivity contribution is 0.269. The smallest absolute Gasteiger partial charge is 0.214 e. The third-order valence-electron chi connectivity index (χ3n) is 4.38. The number of hydrogen-bond acceptors (Lipinski definition) is 3. The summed E-state index contributed by atoms with van der Waals surface area (Å²) in [6.07, 6.45) is 6.65. The van der Waals surface area contributed by atoms with Gasteiger partial charge in [-0.25, -0.2) is 12.7 Å². The molecule has 0 aromatic heterocycles. The highest BCUT2D eigenvalue weighted by Gasteiger charge is 2.30. The molecule has 1 N–H and O–H groups in total. The van der Waals surface area contributed by atoms with Crippen molar-refractivity contribution < 1.29 is 8.42 Å². The lowest BCUT2D eigenvalue weighted by Gasteiger charge is -2.31. The van der Waals surface area contributed by atoms with E-state index in [0.717, 1.165) is 45.3 Å². The Bertz CT molecular complexity index is 348. The fraction of sp³-hybridized carbons (Fsp3) is 1.00. The van der Waals surface area contributed by atoms with E-state index in [2.05, 4.69) is 5.32 Å². The molecule has 1 aliphatic heterocycles. The Balaban J connectivity index is 0.00000180. The SMILES string of the molecule is CNCC1CCN(S(=O)(=O)CC2CCCC2)CC1.Cl. The molecule has 0 atom stereocenters. The van der Waals surface area contributed by atoms with E-state index in [-0.39, 0.29) is 12.4 Å². The number of halogens is 1. The van der Waals surface area contributed by atoms with E-state index >= 15 is 0 Å². The van der Waals surface area contributed by atoms with Gasteiger partial charge in [0.1, 0.15) is 0 Å². The maximum absolute atomic E-state index is 12.3.